The molecule has 0 aliphatic heterocycles. The maximum absolute atomic E-state index is 13.0. The third-order valence-electron chi connectivity index (χ3n) is 1.96. The van der Waals surface area contributed by atoms with Crippen molar-refractivity contribution < 1.29 is 13.9 Å². The number of ether oxygens (including phenoxy) is 1. The number of nitrogens with two attached hydrogens (primary N) is 1. The number of nitrogen functional groups attached to an aromatic ring is 1. The summed E-state index contributed by atoms with van der Waals surface area (Å²) in [4.78, 5) is 11.4. The molecule has 0 heterocycles. The largest absolute Gasteiger partial charge is 0.462 e. The van der Waals surface area contributed by atoms with Crippen LogP contribution in [0.2, 0.25) is 0 Å². The lowest BCUT2D eigenvalue weighted by atomic mass is 10.2. The molecule has 5 heteroatoms. The maximum Gasteiger partial charge on any atom is 0.338 e. The van der Waals surface area contributed by atoms with Crippen molar-refractivity contribution in [1.29, 1.82) is 0 Å². The minimum Gasteiger partial charge on any atom is -0.462 e. The van der Waals surface area contributed by atoms with Crippen LogP contribution in [0.5, 0.6) is 0 Å². The van der Waals surface area contributed by atoms with Crippen molar-refractivity contribution in [2.45, 2.75) is 6.42 Å². The van der Waals surface area contributed by atoms with Crippen molar-refractivity contribution in [3.8, 4) is 0 Å². The first-order valence-electron chi connectivity index (χ1n) is 4.86. The first-order chi connectivity index (χ1) is 7.65. The van der Waals surface area contributed by atoms with Gasteiger partial charge in [0.2, 0.25) is 0 Å². The summed E-state index contributed by atoms with van der Waals surface area (Å²) in [7, 11) is 0. The van der Waals surface area contributed by atoms with Crippen LogP contribution in [-0.2, 0) is 4.74 Å². The fourth-order valence-corrected chi connectivity index (χ4v) is 1.51. The van der Waals surface area contributed by atoms with Gasteiger partial charge in [-0.15, -0.1) is 0 Å². The van der Waals surface area contributed by atoms with Gasteiger partial charge in [0.1, 0.15) is 5.82 Å². The van der Waals surface area contributed by atoms with Gasteiger partial charge in [-0.3, -0.25) is 0 Å². The molecule has 0 aromatic heterocycles. The van der Waals surface area contributed by atoms with Gasteiger partial charge in [-0.2, -0.15) is 11.8 Å². The number of rotatable bonds is 5. The molecule has 0 spiro atoms. The third-order valence-corrected chi connectivity index (χ3v) is 2.66. The van der Waals surface area contributed by atoms with E-state index in [1.807, 2.05) is 6.26 Å². The van der Waals surface area contributed by atoms with E-state index >= 15 is 0 Å². The Balaban J connectivity index is 2.50. The molecule has 0 fully saturated rings. The van der Waals surface area contributed by atoms with Gasteiger partial charge in [0.15, 0.2) is 0 Å². The Labute approximate surface area is 98.2 Å². The minimum atomic E-state index is -0.599. The number of anilines is 1. The van der Waals surface area contributed by atoms with E-state index in [4.69, 9.17) is 10.5 Å². The molecule has 0 bridgehead atoms. The molecule has 1 aromatic carbocycles. The molecule has 88 valence electrons. The Morgan fingerprint density at radius 1 is 1.56 bits per heavy atom. The quantitative estimate of drug-likeness (QED) is 0.490. The van der Waals surface area contributed by atoms with Crippen LogP contribution in [0.25, 0.3) is 0 Å². The second-order valence-electron chi connectivity index (χ2n) is 3.22. The van der Waals surface area contributed by atoms with Crippen molar-refractivity contribution in [1.82, 2.24) is 0 Å². The highest BCUT2D eigenvalue weighted by Crippen LogP contribution is 2.12. The highest BCUT2D eigenvalue weighted by atomic mass is 32.2. The Morgan fingerprint density at radius 2 is 2.31 bits per heavy atom. The maximum atomic E-state index is 13.0. The average molecular weight is 243 g/mol. The van der Waals surface area contributed by atoms with Crippen molar-refractivity contribution in [3.05, 3.63) is 29.6 Å². The molecule has 3 nitrogen and oxygen atoms in total. The molecular formula is C11H14FNO2S. The molecule has 2 N–H and O–H groups in total. The molecule has 0 saturated carbocycles. The SMILES string of the molecule is CSCCCOC(=O)c1ccc(N)c(F)c1. The van der Waals surface area contributed by atoms with Crippen LogP contribution >= 0.6 is 11.8 Å². The number of esters is 1. The van der Waals surface area contributed by atoms with Gasteiger partial charge in [-0.25, -0.2) is 9.18 Å². The standard InChI is InChI=1S/C11H14FNO2S/c1-16-6-2-5-15-11(14)8-3-4-10(13)9(12)7-8/h3-4,7H,2,5-6,13H2,1H3. The van der Waals surface area contributed by atoms with E-state index in [1.54, 1.807) is 11.8 Å². The lowest BCUT2D eigenvalue weighted by Gasteiger charge is -2.04. The van der Waals surface area contributed by atoms with E-state index in [9.17, 15) is 9.18 Å². The van der Waals surface area contributed by atoms with Crippen LogP contribution in [0.15, 0.2) is 18.2 Å². The van der Waals surface area contributed by atoms with Gasteiger partial charge in [-0.1, -0.05) is 0 Å². The topological polar surface area (TPSA) is 52.3 Å². The molecule has 0 saturated heterocycles. The van der Waals surface area contributed by atoms with Gasteiger partial charge in [0, 0.05) is 0 Å². The number of thioether (sulfide) groups is 1. The Hall–Kier alpha value is -1.23. The van der Waals surface area contributed by atoms with Crippen LogP contribution in [0.4, 0.5) is 10.1 Å². The molecule has 16 heavy (non-hydrogen) atoms. The van der Waals surface area contributed by atoms with Gasteiger partial charge in [0.05, 0.1) is 17.9 Å². The number of benzene rings is 1. The van der Waals surface area contributed by atoms with Gasteiger partial charge in [0.25, 0.3) is 0 Å². The Bertz CT molecular complexity index is 371. The summed E-state index contributed by atoms with van der Waals surface area (Å²) in [5.41, 5.74) is 5.52. The van der Waals surface area contributed by atoms with E-state index in [0.29, 0.717) is 6.61 Å². The Morgan fingerprint density at radius 3 is 2.94 bits per heavy atom. The zero-order chi connectivity index (χ0) is 12.0. The second-order valence-corrected chi connectivity index (χ2v) is 4.20. The number of halogens is 1. The summed E-state index contributed by atoms with van der Waals surface area (Å²) < 4.78 is 18.0. The molecule has 0 amide bonds. The Kier molecular flexibility index (Phi) is 5.11. The van der Waals surface area contributed by atoms with E-state index in [0.717, 1.165) is 18.2 Å². The second kappa shape index (κ2) is 6.37. The molecule has 1 aromatic rings. The van der Waals surface area contributed by atoms with E-state index in [-0.39, 0.29) is 11.3 Å². The monoisotopic (exact) mass is 243 g/mol. The number of carbonyl (C=O) groups is 1. The highest BCUT2D eigenvalue weighted by Gasteiger charge is 2.09. The lowest BCUT2D eigenvalue weighted by Crippen LogP contribution is -2.07. The minimum absolute atomic E-state index is 0.0268. The summed E-state index contributed by atoms with van der Waals surface area (Å²) in [5, 5.41) is 0. The third kappa shape index (κ3) is 3.73. The van der Waals surface area contributed by atoms with E-state index in [2.05, 4.69) is 0 Å². The fourth-order valence-electron chi connectivity index (χ4n) is 1.11. The summed E-state index contributed by atoms with van der Waals surface area (Å²) >= 11 is 1.69. The van der Waals surface area contributed by atoms with Crippen LogP contribution in [0, 0.1) is 5.82 Å². The average Bonchev–Trinajstić information content (AvgIpc) is 2.28. The summed E-state index contributed by atoms with van der Waals surface area (Å²) in [6.45, 7) is 0.353. The van der Waals surface area contributed by atoms with Crippen molar-refractivity contribution in [2.75, 3.05) is 24.3 Å². The van der Waals surface area contributed by atoms with Crippen LogP contribution in [0.3, 0.4) is 0 Å². The van der Waals surface area contributed by atoms with E-state index in [1.165, 1.54) is 12.1 Å². The predicted molar refractivity (Wildman–Crippen MR) is 64.1 cm³/mol. The zero-order valence-corrected chi connectivity index (χ0v) is 9.85. The molecule has 0 aliphatic carbocycles. The predicted octanol–water partition coefficient (Wildman–Crippen LogP) is 2.32. The first kappa shape index (κ1) is 12.8. The van der Waals surface area contributed by atoms with Gasteiger partial charge >= 0.3 is 5.97 Å². The first-order valence-corrected chi connectivity index (χ1v) is 6.25. The summed E-state index contributed by atoms with van der Waals surface area (Å²) in [6, 6.07) is 3.90. The fraction of sp³-hybridized carbons (Fsp3) is 0.364. The smallest absolute Gasteiger partial charge is 0.338 e. The lowest BCUT2D eigenvalue weighted by molar-refractivity contribution is 0.0506. The molecular weight excluding hydrogens is 229 g/mol. The zero-order valence-electron chi connectivity index (χ0n) is 9.03. The molecule has 0 unspecified atom stereocenters. The van der Waals surface area contributed by atoms with Crippen LogP contribution < -0.4 is 5.73 Å². The normalized spacial score (nSPS) is 10.1. The summed E-state index contributed by atoms with van der Waals surface area (Å²) in [6.07, 6.45) is 2.78. The van der Waals surface area contributed by atoms with Crippen molar-refractivity contribution in [3.63, 3.8) is 0 Å². The van der Waals surface area contributed by atoms with Gasteiger partial charge < -0.3 is 10.5 Å². The number of hydrogen-bond acceptors (Lipinski definition) is 4. The molecule has 1 rings (SSSR count). The van der Waals surface area contributed by atoms with Crippen LogP contribution in [0.1, 0.15) is 16.8 Å². The molecule has 0 aliphatic rings. The number of carbonyl (C=O) groups excluding carboxylic acids is 1. The van der Waals surface area contributed by atoms with Crippen molar-refractivity contribution >= 4 is 23.4 Å². The molecule has 0 atom stereocenters. The van der Waals surface area contributed by atoms with Crippen LogP contribution in [-0.4, -0.2) is 24.6 Å². The van der Waals surface area contributed by atoms with E-state index < -0.39 is 11.8 Å². The highest BCUT2D eigenvalue weighted by molar-refractivity contribution is 7.98. The molecule has 0 radical (unpaired) electrons. The van der Waals surface area contributed by atoms with Gasteiger partial charge in [-0.05, 0) is 36.6 Å². The van der Waals surface area contributed by atoms with Crippen molar-refractivity contribution in [2.24, 2.45) is 0 Å². The summed E-state index contributed by atoms with van der Waals surface area (Å²) in [5.74, 6) is -0.179. The number of hydrogen-bond donors (Lipinski definition) is 1.